The molecule has 3 heterocycles. The van der Waals surface area contributed by atoms with E-state index in [0.29, 0.717) is 43.5 Å². The van der Waals surface area contributed by atoms with Gasteiger partial charge in [-0.1, -0.05) is 18.2 Å². The highest BCUT2D eigenvalue weighted by molar-refractivity contribution is 5.64. The van der Waals surface area contributed by atoms with Gasteiger partial charge in [0.1, 0.15) is 11.4 Å². The molecule has 194 valence electrons. The summed E-state index contributed by atoms with van der Waals surface area (Å²) < 4.78 is 61.4. The van der Waals surface area contributed by atoms with Gasteiger partial charge in [0.05, 0.1) is 34.6 Å². The Bertz CT molecular complexity index is 1410. The maximum absolute atomic E-state index is 13.6. The van der Waals surface area contributed by atoms with E-state index >= 15 is 0 Å². The van der Waals surface area contributed by atoms with Crippen molar-refractivity contribution in [1.82, 2.24) is 9.47 Å². The highest BCUT2D eigenvalue weighted by Gasteiger charge is 2.61. The molecule has 0 radical (unpaired) electrons. The van der Waals surface area contributed by atoms with Crippen LogP contribution in [0.15, 0.2) is 42.5 Å². The van der Waals surface area contributed by atoms with E-state index < -0.39 is 28.6 Å². The number of halogens is 4. The van der Waals surface area contributed by atoms with Crippen molar-refractivity contribution in [2.24, 2.45) is 0 Å². The monoisotopic (exact) mass is 515 g/mol. The van der Waals surface area contributed by atoms with Gasteiger partial charge in [0.2, 0.25) is 11.8 Å². The second kappa shape index (κ2) is 8.50. The summed E-state index contributed by atoms with van der Waals surface area (Å²) in [5, 5.41) is 22.4. The smallest absolute Gasteiger partial charge is 0.407 e. The number of aromatic hydroxyl groups is 2. The lowest BCUT2D eigenvalue weighted by molar-refractivity contribution is -0.136. The molecular weight excluding hydrogens is 490 g/mol. The Morgan fingerprint density at radius 1 is 1.08 bits per heavy atom. The number of aromatic nitrogens is 1. The zero-order valence-electron chi connectivity index (χ0n) is 20.2. The van der Waals surface area contributed by atoms with Gasteiger partial charge in [-0.2, -0.15) is 13.2 Å². The van der Waals surface area contributed by atoms with E-state index in [-0.39, 0.29) is 23.3 Å². The van der Waals surface area contributed by atoms with Gasteiger partial charge in [0.15, 0.2) is 5.69 Å². The quantitative estimate of drug-likeness (QED) is 0.297. The molecule has 0 amide bonds. The SMILES string of the molecule is [C-]#[N+]c1ccc(-n2c(O)c3c(c2O)C2(CCN(C)Cc4ccc(F)cc4)CCC3(C)O2)cc1C(F)(F)F. The molecule has 2 N–H and O–H groups in total. The van der Waals surface area contributed by atoms with Crippen molar-refractivity contribution in [1.29, 1.82) is 0 Å². The molecule has 2 aliphatic rings. The topological polar surface area (TPSA) is 62.2 Å². The molecule has 10 heteroatoms. The van der Waals surface area contributed by atoms with E-state index in [0.717, 1.165) is 22.3 Å². The third-order valence-corrected chi connectivity index (χ3v) is 7.46. The van der Waals surface area contributed by atoms with Crippen LogP contribution in [-0.2, 0) is 28.7 Å². The highest BCUT2D eigenvalue weighted by Crippen LogP contribution is 2.65. The van der Waals surface area contributed by atoms with Gasteiger partial charge in [-0.25, -0.2) is 9.24 Å². The molecule has 2 bridgehead atoms. The molecule has 0 saturated carbocycles. The first-order chi connectivity index (χ1) is 17.4. The molecule has 1 aromatic heterocycles. The summed E-state index contributed by atoms with van der Waals surface area (Å²) in [6.45, 7) is 9.97. The van der Waals surface area contributed by atoms with E-state index in [1.165, 1.54) is 18.2 Å². The summed E-state index contributed by atoms with van der Waals surface area (Å²) in [5.74, 6) is -1.06. The molecular formula is C27H25F4N3O3. The number of benzene rings is 2. The Kier molecular flexibility index (Phi) is 5.77. The van der Waals surface area contributed by atoms with Crippen molar-refractivity contribution in [3.8, 4) is 17.4 Å². The summed E-state index contributed by atoms with van der Waals surface area (Å²) in [5.41, 5.74) is -1.94. The van der Waals surface area contributed by atoms with Gasteiger partial charge >= 0.3 is 6.18 Å². The first kappa shape index (κ1) is 25.1. The zero-order valence-corrected chi connectivity index (χ0v) is 20.2. The van der Waals surface area contributed by atoms with E-state index in [2.05, 4.69) is 4.85 Å². The lowest BCUT2D eigenvalue weighted by Crippen LogP contribution is -2.30. The summed E-state index contributed by atoms with van der Waals surface area (Å²) >= 11 is 0. The third-order valence-electron chi connectivity index (χ3n) is 7.46. The van der Waals surface area contributed by atoms with Gasteiger partial charge in [-0.05, 0) is 63.1 Å². The number of alkyl halides is 3. The third kappa shape index (κ3) is 4.03. The second-order valence-electron chi connectivity index (χ2n) is 9.99. The molecule has 0 aliphatic carbocycles. The van der Waals surface area contributed by atoms with Gasteiger partial charge in [-0.15, -0.1) is 0 Å². The van der Waals surface area contributed by atoms with Crippen LogP contribution in [0.25, 0.3) is 10.5 Å². The van der Waals surface area contributed by atoms with Crippen molar-refractivity contribution in [3.05, 3.63) is 82.0 Å². The number of rotatable bonds is 6. The summed E-state index contributed by atoms with van der Waals surface area (Å²) in [4.78, 5) is 4.98. The largest absolute Gasteiger partial charge is 0.494 e. The molecule has 3 aromatic rings. The second-order valence-corrected chi connectivity index (χ2v) is 9.99. The van der Waals surface area contributed by atoms with Crippen molar-refractivity contribution >= 4 is 5.69 Å². The number of hydrogen-bond donors (Lipinski definition) is 2. The number of fused-ring (bicyclic) bond motifs is 5. The minimum atomic E-state index is -4.78. The van der Waals surface area contributed by atoms with Crippen LogP contribution in [0.4, 0.5) is 23.2 Å². The average molecular weight is 516 g/mol. The maximum atomic E-state index is 13.6. The van der Waals surface area contributed by atoms with E-state index in [1.807, 2.05) is 11.9 Å². The van der Waals surface area contributed by atoms with Crippen molar-refractivity contribution in [2.45, 2.75) is 50.1 Å². The van der Waals surface area contributed by atoms with Crippen LogP contribution in [0.2, 0.25) is 0 Å². The van der Waals surface area contributed by atoms with Gasteiger partial charge < -0.3 is 19.8 Å². The summed E-state index contributed by atoms with van der Waals surface area (Å²) in [7, 11) is 1.91. The Hall–Kier alpha value is -3.55. The average Bonchev–Trinajstić information content (AvgIpc) is 3.43. The summed E-state index contributed by atoms with van der Waals surface area (Å²) in [6.07, 6.45) is -3.16. The zero-order chi connectivity index (χ0) is 26.8. The molecule has 1 fully saturated rings. The Morgan fingerprint density at radius 2 is 1.76 bits per heavy atom. The standard InChI is InChI=1S/C27H25F4N3O3/c1-25-10-11-26(37-25,12-13-33(3)15-16-4-6-17(28)7-5-16)22-21(25)23(35)34(24(22)36)18-8-9-20(32-2)19(14-18)27(29,30)31/h4-9,14,35-36H,10-13,15H2,1,3H3. The van der Waals surface area contributed by atoms with Crippen molar-refractivity contribution in [2.75, 3.05) is 13.6 Å². The molecule has 1 saturated heterocycles. The fraction of sp³-hybridized carbons (Fsp3) is 0.370. The van der Waals surface area contributed by atoms with Gasteiger partial charge in [0, 0.05) is 13.1 Å². The predicted octanol–water partition coefficient (Wildman–Crippen LogP) is 6.35. The fourth-order valence-electron chi connectivity index (χ4n) is 5.69. The van der Waals surface area contributed by atoms with Crippen LogP contribution in [0.3, 0.4) is 0 Å². The molecule has 6 nitrogen and oxygen atoms in total. The molecule has 37 heavy (non-hydrogen) atoms. The van der Waals surface area contributed by atoms with Crippen molar-refractivity contribution < 1.29 is 32.5 Å². The van der Waals surface area contributed by atoms with Crippen LogP contribution >= 0.6 is 0 Å². The number of hydrogen-bond acceptors (Lipinski definition) is 4. The first-order valence-electron chi connectivity index (χ1n) is 11.8. The lowest BCUT2D eigenvalue weighted by atomic mass is 9.77. The van der Waals surface area contributed by atoms with Gasteiger partial charge in [-0.3, -0.25) is 4.57 Å². The Labute approximate surface area is 211 Å². The van der Waals surface area contributed by atoms with Gasteiger partial charge in [0.25, 0.3) is 0 Å². The number of nitrogens with zero attached hydrogens (tertiary/aromatic N) is 3. The maximum Gasteiger partial charge on any atom is 0.407 e. The van der Waals surface area contributed by atoms with Crippen LogP contribution < -0.4 is 0 Å². The molecule has 2 unspecified atom stereocenters. The molecule has 0 spiro atoms. The van der Waals surface area contributed by atoms with E-state index in [4.69, 9.17) is 11.3 Å². The molecule has 2 aromatic carbocycles. The normalized spacial score (nSPS) is 22.4. The van der Waals surface area contributed by atoms with E-state index in [9.17, 15) is 27.8 Å². The first-order valence-corrected chi connectivity index (χ1v) is 11.8. The summed E-state index contributed by atoms with van der Waals surface area (Å²) in [6, 6.07) is 9.27. The Morgan fingerprint density at radius 3 is 2.41 bits per heavy atom. The van der Waals surface area contributed by atoms with Crippen LogP contribution in [0, 0.1) is 12.4 Å². The minimum absolute atomic E-state index is 0.101. The fourth-order valence-corrected chi connectivity index (χ4v) is 5.69. The van der Waals surface area contributed by atoms with E-state index in [1.54, 1.807) is 19.1 Å². The van der Waals surface area contributed by atoms with Crippen molar-refractivity contribution in [3.63, 3.8) is 0 Å². The molecule has 5 rings (SSSR count). The Balaban J connectivity index is 1.49. The minimum Gasteiger partial charge on any atom is -0.494 e. The van der Waals surface area contributed by atoms with Crippen LogP contribution in [-0.4, -0.2) is 33.3 Å². The van der Waals surface area contributed by atoms with Crippen LogP contribution in [0.1, 0.15) is 48.4 Å². The highest BCUT2D eigenvalue weighted by atomic mass is 19.4. The van der Waals surface area contributed by atoms with Crippen LogP contribution in [0.5, 0.6) is 11.8 Å². The lowest BCUT2D eigenvalue weighted by Gasteiger charge is -2.29. The molecule has 2 aliphatic heterocycles. The number of ether oxygens (including phenoxy) is 1. The molecule has 2 atom stereocenters. The predicted molar refractivity (Wildman–Crippen MR) is 127 cm³/mol.